The van der Waals surface area contributed by atoms with Crippen LogP contribution in [0.1, 0.15) is 36.9 Å². The van der Waals surface area contributed by atoms with Gasteiger partial charge in [0.25, 0.3) is 0 Å². The van der Waals surface area contributed by atoms with Gasteiger partial charge in [0.1, 0.15) is 6.61 Å². The zero-order valence-corrected chi connectivity index (χ0v) is 11.5. The Morgan fingerprint density at radius 2 is 2.26 bits per heavy atom. The second-order valence-corrected chi connectivity index (χ2v) is 5.50. The Hall–Kier alpha value is -1.13. The van der Waals surface area contributed by atoms with Crippen LogP contribution in [0.3, 0.4) is 0 Å². The van der Waals surface area contributed by atoms with Gasteiger partial charge < -0.3 is 14.8 Å². The first kappa shape index (κ1) is 12.9. The largest absolute Gasteiger partial charge is 0.475 e. The lowest BCUT2D eigenvalue weighted by Crippen LogP contribution is -2.18. The number of hydrogen-bond donors (Lipinski definition) is 1. The standard InChI is InChI=1S/C15H22N2O2/c1-11-12(9-16-13-5-6-13)4-7-15(17-11)19-10-14-3-2-8-18-14/h4,7,13-14,16H,2-3,5-6,8-10H2,1H3. The first-order chi connectivity index (χ1) is 9.31. The van der Waals surface area contributed by atoms with E-state index in [1.54, 1.807) is 0 Å². The van der Waals surface area contributed by atoms with Gasteiger partial charge >= 0.3 is 0 Å². The highest BCUT2D eigenvalue weighted by atomic mass is 16.5. The van der Waals surface area contributed by atoms with Gasteiger partial charge in [-0.05, 0) is 38.2 Å². The highest BCUT2D eigenvalue weighted by molar-refractivity contribution is 5.25. The molecule has 1 saturated heterocycles. The molecule has 1 N–H and O–H groups in total. The van der Waals surface area contributed by atoms with E-state index in [0.717, 1.165) is 37.7 Å². The summed E-state index contributed by atoms with van der Waals surface area (Å²) in [5.41, 5.74) is 2.31. The smallest absolute Gasteiger partial charge is 0.213 e. The molecule has 1 unspecified atom stereocenters. The molecule has 3 rings (SSSR count). The number of nitrogens with zero attached hydrogens (tertiary/aromatic N) is 1. The van der Waals surface area contributed by atoms with E-state index in [-0.39, 0.29) is 6.10 Å². The first-order valence-electron chi connectivity index (χ1n) is 7.25. The Kier molecular flexibility index (Phi) is 3.99. The Morgan fingerprint density at radius 1 is 1.37 bits per heavy atom. The molecule has 1 aliphatic carbocycles. The summed E-state index contributed by atoms with van der Waals surface area (Å²) < 4.78 is 11.2. The summed E-state index contributed by atoms with van der Waals surface area (Å²) in [4.78, 5) is 4.51. The van der Waals surface area contributed by atoms with Crippen molar-refractivity contribution in [3.05, 3.63) is 23.4 Å². The summed E-state index contributed by atoms with van der Waals surface area (Å²) in [6.07, 6.45) is 5.12. The molecule has 19 heavy (non-hydrogen) atoms. The zero-order valence-electron chi connectivity index (χ0n) is 11.5. The van der Waals surface area contributed by atoms with Gasteiger partial charge in [-0.1, -0.05) is 6.07 Å². The number of aromatic nitrogens is 1. The van der Waals surface area contributed by atoms with Crippen LogP contribution >= 0.6 is 0 Å². The molecule has 1 atom stereocenters. The van der Waals surface area contributed by atoms with Crippen LogP contribution in [0.5, 0.6) is 5.88 Å². The summed E-state index contributed by atoms with van der Waals surface area (Å²) in [6, 6.07) is 4.81. The Labute approximate surface area is 114 Å². The fraction of sp³-hybridized carbons (Fsp3) is 0.667. The van der Waals surface area contributed by atoms with E-state index < -0.39 is 0 Å². The normalized spacial score (nSPS) is 22.7. The third kappa shape index (κ3) is 3.67. The van der Waals surface area contributed by atoms with Gasteiger partial charge in [-0.3, -0.25) is 0 Å². The molecule has 0 aromatic carbocycles. The average molecular weight is 262 g/mol. The Balaban J connectivity index is 1.51. The van der Waals surface area contributed by atoms with Gasteiger partial charge in [-0.15, -0.1) is 0 Å². The molecule has 2 aliphatic rings. The van der Waals surface area contributed by atoms with E-state index in [0.29, 0.717) is 12.5 Å². The zero-order chi connectivity index (χ0) is 13.1. The molecule has 104 valence electrons. The van der Waals surface area contributed by atoms with Gasteiger partial charge in [-0.2, -0.15) is 0 Å². The van der Waals surface area contributed by atoms with Crippen molar-refractivity contribution in [2.24, 2.45) is 0 Å². The van der Waals surface area contributed by atoms with E-state index in [1.807, 2.05) is 13.0 Å². The third-order valence-corrected chi connectivity index (χ3v) is 3.77. The van der Waals surface area contributed by atoms with Crippen LogP contribution in [-0.2, 0) is 11.3 Å². The van der Waals surface area contributed by atoms with E-state index in [9.17, 15) is 0 Å². The topological polar surface area (TPSA) is 43.4 Å². The van der Waals surface area contributed by atoms with Crippen molar-refractivity contribution in [3.8, 4) is 5.88 Å². The lowest BCUT2D eigenvalue weighted by Gasteiger charge is -2.12. The molecule has 2 heterocycles. The van der Waals surface area contributed by atoms with Gasteiger partial charge in [0, 0.05) is 31.0 Å². The predicted octanol–water partition coefficient (Wildman–Crippen LogP) is 2.20. The average Bonchev–Trinajstić information content (AvgIpc) is 3.09. The molecule has 1 aliphatic heterocycles. The minimum atomic E-state index is 0.248. The van der Waals surface area contributed by atoms with Crippen LogP contribution in [0.25, 0.3) is 0 Å². The first-order valence-corrected chi connectivity index (χ1v) is 7.25. The van der Waals surface area contributed by atoms with Gasteiger partial charge in [-0.25, -0.2) is 4.98 Å². The molecular weight excluding hydrogens is 240 g/mol. The molecule has 1 aromatic rings. The van der Waals surface area contributed by atoms with E-state index >= 15 is 0 Å². The van der Waals surface area contributed by atoms with Crippen molar-refractivity contribution >= 4 is 0 Å². The third-order valence-electron chi connectivity index (χ3n) is 3.77. The SMILES string of the molecule is Cc1nc(OCC2CCCO2)ccc1CNC1CC1. The molecule has 4 nitrogen and oxygen atoms in total. The maximum absolute atomic E-state index is 5.71. The molecule has 1 saturated carbocycles. The lowest BCUT2D eigenvalue weighted by atomic mass is 10.2. The second kappa shape index (κ2) is 5.88. The summed E-state index contributed by atoms with van der Waals surface area (Å²) in [7, 11) is 0. The molecule has 0 bridgehead atoms. The van der Waals surface area contributed by atoms with E-state index in [2.05, 4.69) is 16.4 Å². The molecule has 2 fully saturated rings. The summed E-state index contributed by atoms with van der Waals surface area (Å²) in [5, 5.41) is 3.51. The van der Waals surface area contributed by atoms with Crippen LogP contribution in [0.4, 0.5) is 0 Å². The van der Waals surface area contributed by atoms with Crippen molar-refractivity contribution in [1.82, 2.24) is 10.3 Å². The quantitative estimate of drug-likeness (QED) is 0.853. The predicted molar refractivity (Wildman–Crippen MR) is 73.3 cm³/mol. The number of aryl methyl sites for hydroxylation is 1. The minimum Gasteiger partial charge on any atom is -0.475 e. The van der Waals surface area contributed by atoms with Gasteiger partial charge in [0.15, 0.2) is 0 Å². The van der Waals surface area contributed by atoms with Crippen molar-refractivity contribution in [1.29, 1.82) is 0 Å². The molecule has 4 heteroatoms. The van der Waals surface area contributed by atoms with Gasteiger partial charge in [0.05, 0.1) is 6.10 Å². The van der Waals surface area contributed by atoms with Crippen LogP contribution < -0.4 is 10.1 Å². The number of pyridine rings is 1. The highest BCUT2D eigenvalue weighted by Crippen LogP contribution is 2.20. The van der Waals surface area contributed by atoms with E-state index in [4.69, 9.17) is 9.47 Å². The van der Waals surface area contributed by atoms with Crippen LogP contribution in [0.15, 0.2) is 12.1 Å². The summed E-state index contributed by atoms with van der Waals surface area (Å²) >= 11 is 0. The fourth-order valence-electron chi connectivity index (χ4n) is 2.33. The van der Waals surface area contributed by atoms with Crippen molar-refractivity contribution in [2.75, 3.05) is 13.2 Å². The summed E-state index contributed by atoms with van der Waals surface area (Å²) in [6.45, 7) is 4.44. The lowest BCUT2D eigenvalue weighted by molar-refractivity contribution is 0.0663. The second-order valence-electron chi connectivity index (χ2n) is 5.50. The Bertz CT molecular complexity index is 426. The minimum absolute atomic E-state index is 0.248. The van der Waals surface area contributed by atoms with Crippen molar-refractivity contribution in [2.45, 2.75) is 51.3 Å². The summed E-state index contributed by atoms with van der Waals surface area (Å²) in [5.74, 6) is 0.711. The number of hydrogen-bond acceptors (Lipinski definition) is 4. The maximum Gasteiger partial charge on any atom is 0.213 e. The van der Waals surface area contributed by atoms with E-state index in [1.165, 1.54) is 18.4 Å². The number of nitrogens with one attached hydrogen (secondary N) is 1. The fourth-order valence-corrected chi connectivity index (χ4v) is 2.33. The van der Waals surface area contributed by atoms with Gasteiger partial charge in [0.2, 0.25) is 5.88 Å². The van der Waals surface area contributed by atoms with Crippen LogP contribution in [0, 0.1) is 6.92 Å². The maximum atomic E-state index is 5.71. The monoisotopic (exact) mass is 262 g/mol. The number of ether oxygens (including phenoxy) is 2. The molecular formula is C15H22N2O2. The Morgan fingerprint density at radius 3 is 2.95 bits per heavy atom. The molecule has 0 amide bonds. The van der Waals surface area contributed by atoms with Crippen molar-refractivity contribution in [3.63, 3.8) is 0 Å². The molecule has 0 spiro atoms. The molecule has 1 aromatic heterocycles. The van der Waals surface area contributed by atoms with Crippen molar-refractivity contribution < 1.29 is 9.47 Å². The van der Waals surface area contributed by atoms with Crippen LogP contribution in [-0.4, -0.2) is 30.3 Å². The molecule has 0 radical (unpaired) electrons. The highest BCUT2D eigenvalue weighted by Gasteiger charge is 2.20. The number of rotatable bonds is 6. The van der Waals surface area contributed by atoms with Crippen LogP contribution in [0.2, 0.25) is 0 Å².